The van der Waals surface area contributed by atoms with E-state index in [4.69, 9.17) is 19.2 Å². The Kier molecular flexibility index (Phi) is 5.97. The molecule has 0 spiro atoms. The van der Waals surface area contributed by atoms with Crippen molar-refractivity contribution >= 4 is 11.0 Å². The molecule has 154 valence electrons. The van der Waals surface area contributed by atoms with Crippen molar-refractivity contribution in [1.82, 2.24) is 19.7 Å². The topological polar surface area (TPSA) is 61.6 Å². The Morgan fingerprint density at radius 2 is 1.97 bits per heavy atom. The summed E-state index contributed by atoms with van der Waals surface area (Å²) in [5.41, 5.74) is 5.07. The number of methoxy groups -OCH3 is 1. The van der Waals surface area contributed by atoms with Crippen molar-refractivity contribution in [2.45, 2.75) is 20.4 Å². The highest BCUT2D eigenvalue weighted by molar-refractivity contribution is 5.82. The molecule has 1 fully saturated rings. The summed E-state index contributed by atoms with van der Waals surface area (Å²) >= 11 is 0. The van der Waals surface area contributed by atoms with Crippen LogP contribution in [0.3, 0.4) is 0 Å². The normalized spacial score (nSPS) is 15.0. The number of fused-ring (bicyclic) bond motifs is 1. The average Bonchev–Trinajstić information content (AvgIpc) is 3.18. The minimum Gasteiger partial charge on any atom is -0.493 e. The van der Waals surface area contributed by atoms with Crippen LogP contribution in [0.25, 0.3) is 22.3 Å². The van der Waals surface area contributed by atoms with Crippen molar-refractivity contribution in [3.63, 3.8) is 0 Å². The summed E-state index contributed by atoms with van der Waals surface area (Å²) in [6, 6.07) is 8.08. The van der Waals surface area contributed by atoms with Gasteiger partial charge in [-0.05, 0) is 43.7 Å². The zero-order valence-corrected chi connectivity index (χ0v) is 17.4. The molecule has 0 amide bonds. The third-order valence-electron chi connectivity index (χ3n) is 5.32. The van der Waals surface area contributed by atoms with Crippen LogP contribution in [0.2, 0.25) is 0 Å². The van der Waals surface area contributed by atoms with Crippen LogP contribution < -0.4 is 9.47 Å². The quantitative estimate of drug-likeness (QED) is 0.611. The van der Waals surface area contributed by atoms with E-state index >= 15 is 0 Å². The Morgan fingerprint density at radius 3 is 2.72 bits per heavy atom. The van der Waals surface area contributed by atoms with Crippen LogP contribution in [-0.2, 0) is 11.3 Å². The Balaban J connectivity index is 1.56. The van der Waals surface area contributed by atoms with Crippen LogP contribution in [-0.4, -0.2) is 66.2 Å². The van der Waals surface area contributed by atoms with Gasteiger partial charge >= 0.3 is 0 Å². The lowest BCUT2D eigenvalue weighted by Gasteiger charge is -2.26. The molecule has 7 nitrogen and oxygen atoms in total. The summed E-state index contributed by atoms with van der Waals surface area (Å²) in [6.07, 6.45) is 1.83. The molecule has 0 bridgehead atoms. The molecule has 4 rings (SSSR count). The second kappa shape index (κ2) is 8.80. The summed E-state index contributed by atoms with van der Waals surface area (Å²) in [5.74, 6) is 1.47. The number of morpholine rings is 1. The standard InChI is InChI=1S/C22H28N4O3/c1-4-26-22-16(2)13-18(24-19(22)15-23-26)17-5-6-20(27-3)21(14-17)29-12-9-25-7-10-28-11-8-25/h5-6,13-15H,4,7-12H2,1-3H3. The number of aromatic nitrogens is 3. The van der Waals surface area contributed by atoms with E-state index in [1.54, 1.807) is 7.11 Å². The first kappa shape index (κ1) is 19.7. The summed E-state index contributed by atoms with van der Waals surface area (Å²) < 4.78 is 19.0. The molecule has 0 unspecified atom stereocenters. The van der Waals surface area contributed by atoms with Crippen LogP contribution in [0.15, 0.2) is 30.5 Å². The van der Waals surface area contributed by atoms with Gasteiger partial charge in [0.1, 0.15) is 12.1 Å². The molecular weight excluding hydrogens is 368 g/mol. The van der Waals surface area contributed by atoms with Gasteiger partial charge < -0.3 is 14.2 Å². The van der Waals surface area contributed by atoms with Crippen molar-refractivity contribution < 1.29 is 14.2 Å². The fraction of sp³-hybridized carbons (Fsp3) is 0.455. The molecule has 1 aliphatic heterocycles. The van der Waals surface area contributed by atoms with Gasteiger partial charge in [-0.15, -0.1) is 0 Å². The van der Waals surface area contributed by atoms with Crippen LogP contribution in [0.4, 0.5) is 0 Å². The van der Waals surface area contributed by atoms with Crippen LogP contribution in [0, 0.1) is 6.92 Å². The lowest BCUT2D eigenvalue weighted by Crippen LogP contribution is -2.38. The van der Waals surface area contributed by atoms with E-state index in [1.165, 1.54) is 0 Å². The zero-order valence-electron chi connectivity index (χ0n) is 17.4. The van der Waals surface area contributed by atoms with Gasteiger partial charge in [0.15, 0.2) is 11.5 Å². The Bertz CT molecular complexity index is 980. The Hall–Kier alpha value is -2.64. The molecule has 1 aliphatic rings. The Labute approximate surface area is 171 Å². The molecule has 29 heavy (non-hydrogen) atoms. The molecule has 3 aromatic rings. The number of pyridine rings is 1. The van der Waals surface area contributed by atoms with Crippen LogP contribution >= 0.6 is 0 Å². The molecular formula is C22H28N4O3. The number of hydrogen-bond donors (Lipinski definition) is 0. The van der Waals surface area contributed by atoms with E-state index < -0.39 is 0 Å². The highest BCUT2D eigenvalue weighted by atomic mass is 16.5. The number of benzene rings is 1. The number of ether oxygens (including phenoxy) is 3. The fourth-order valence-electron chi connectivity index (χ4n) is 3.74. The van der Waals surface area contributed by atoms with Crippen molar-refractivity contribution in [3.8, 4) is 22.8 Å². The smallest absolute Gasteiger partial charge is 0.161 e. The molecule has 0 atom stereocenters. The highest BCUT2D eigenvalue weighted by Gasteiger charge is 2.14. The first-order chi connectivity index (χ1) is 14.2. The number of nitrogens with zero attached hydrogens (tertiary/aromatic N) is 4. The number of rotatable bonds is 7. The average molecular weight is 396 g/mol. The molecule has 1 saturated heterocycles. The second-order valence-electron chi connectivity index (χ2n) is 7.19. The maximum Gasteiger partial charge on any atom is 0.161 e. The SMILES string of the molecule is CCn1ncc2nc(-c3ccc(OC)c(OCCN4CCOCC4)c3)cc(C)c21. The van der Waals surface area contributed by atoms with Gasteiger partial charge in [0.05, 0.1) is 37.7 Å². The molecule has 2 aromatic heterocycles. The van der Waals surface area contributed by atoms with Crippen molar-refractivity contribution in [1.29, 1.82) is 0 Å². The monoisotopic (exact) mass is 396 g/mol. The van der Waals surface area contributed by atoms with E-state index in [0.717, 1.165) is 78.7 Å². The summed E-state index contributed by atoms with van der Waals surface area (Å²) in [7, 11) is 1.66. The van der Waals surface area contributed by atoms with Crippen LogP contribution in [0.1, 0.15) is 12.5 Å². The molecule has 0 radical (unpaired) electrons. The van der Waals surface area contributed by atoms with Crippen LogP contribution in [0.5, 0.6) is 11.5 Å². The molecule has 3 heterocycles. The van der Waals surface area contributed by atoms with Crippen molar-refractivity contribution in [2.24, 2.45) is 0 Å². The van der Waals surface area contributed by atoms with E-state index in [0.29, 0.717) is 6.61 Å². The molecule has 0 aliphatic carbocycles. The third-order valence-corrected chi connectivity index (χ3v) is 5.32. The van der Waals surface area contributed by atoms with Crippen molar-refractivity contribution in [2.75, 3.05) is 46.6 Å². The van der Waals surface area contributed by atoms with Gasteiger partial charge in [0.25, 0.3) is 0 Å². The highest BCUT2D eigenvalue weighted by Crippen LogP contribution is 2.33. The van der Waals surface area contributed by atoms with E-state index in [1.807, 2.05) is 29.1 Å². The first-order valence-corrected chi connectivity index (χ1v) is 10.1. The van der Waals surface area contributed by atoms with Gasteiger partial charge in [0.2, 0.25) is 0 Å². The minimum atomic E-state index is 0.606. The zero-order chi connectivity index (χ0) is 20.2. The second-order valence-corrected chi connectivity index (χ2v) is 7.19. The third kappa shape index (κ3) is 4.21. The maximum absolute atomic E-state index is 6.08. The lowest BCUT2D eigenvalue weighted by molar-refractivity contribution is 0.0321. The largest absolute Gasteiger partial charge is 0.493 e. The number of aryl methyl sites for hydroxylation is 2. The van der Waals surface area contributed by atoms with Gasteiger partial charge in [-0.2, -0.15) is 5.10 Å². The first-order valence-electron chi connectivity index (χ1n) is 10.1. The number of hydrogen-bond acceptors (Lipinski definition) is 6. The Morgan fingerprint density at radius 1 is 1.14 bits per heavy atom. The maximum atomic E-state index is 6.08. The summed E-state index contributed by atoms with van der Waals surface area (Å²) in [6.45, 7) is 9.99. The van der Waals surface area contributed by atoms with Crippen molar-refractivity contribution in [3.05, 3.63) is 36.0 Å². The van der Waals surface area contributed by atoms with E-state index in [9.17, 15) is 0 Å². The molecule has 1 aromatic carbocycles. The molecule has 7 heteroatoms. The fourth-order valence-corrected chi connectivity index (χ4v) is 3.74. The minimum absolute atomic E-state index is 0.606. The van der Waals surface area contributed by atoms with E-state index in [-0.39, 0.29) is 0 Å². The summed E-state index contributed by atoms with van der Waals surface area (Å²) in [4.78, 5) is 7.17. The predicted octanol–water partition coefficient (Wildman–Crippen LogP) is 3.15. The van der Waals surface area contributed by atoms with Gasteiger partial charge in [0, 0.05) is 31.7 Å². The summed E-state index contributed by atoms with van der Waals surface area (Å²) in [5, 5.41) is 4.44. The molecule has 0 N–H and O–H groups in total. The van der Waals surface area contributed by atoms with Gasteiger partial charge in [-0.1, -0.05) is 0 Å². The van der Waals surface area contributed by atoms with E-state index in [2.05, 4.69) is 29.9 Å². The molecule has 0 saturated carbocycles. The lowest BCUT2D eigenvalue weighted by atomic mass is 10.1. The van der Waals surface area contributed by atoms with Gasteiger partial charge in [-0.3, -0.25) is 9.58 Å². The predicted molar refractivity (Wildman–Crippen MR) is 113 cm³/mol. The van der Waals surface area contributed by atoms with Gasteiger partial charge in [-0.25, -0.2) is 4.98 Å².